The first-order chi connectivity index (χ1) is 16.0. The summed E-state index contributed by atoms with van der Waals surface area (Å²) in [5, 5.41) is 12.0. The quantitative estimate of drug-likeness (QED) is 0.273. The second-order valence-electron chi connectivity index (χ2n) is 7.00. The number of fused-ring (bicyclic) bond motifs is 1. The summed E-state index contributed by atoms with van der Waals surface area (Å²) >= 11 is 0. The number of hydrogen-bond acceptors (Lipinski definition) is 6. The van der Waals surface area contributed by atoms with Crippen molar-refractivity contribution in [1.82, 2.24) is 4.98 Å². The smallest absolute Gasteiger partial charge is 0.416 e. The van der Waals surface area contributed by atoms with Gasteiger partial charge in [0.15, 0.2) is 4.90 Å². The molecule has 174 valence electrons. The highest BCUT2D eigenvalue weighted by Gasteiger charge is 2.35. The fourth-order valence-electron chi connectivity index (χ4n) is 3.15. The highest BCUT2D eigenvalue weighted by atomic mass is 32.2. The zero-order valence-corrected chi connectivity index (χ0v) is 17.8. The van der Waals surface area contributed by atoms with Crippen LogP contribution in [0.3, 0.4) is 0 Å². The number of nitro benzene ring substituents is 1. The number of alkyl halides is 3. The number of para-hydroxylation sites is 1. The number of nitrogens with zero attached hydrogens (tertiary/aromatic N) is 2. The molecule has 1 N–H and O–H groups in total. The molecule has 4 aromatic rings. The molecule has 0 saturated carbocycles. The van der Waals surface area contributed by atoms with Crippen LogP contribution in [0.2, 0.25) is 0 Å². The first-order valence-electron chi connectivity index (χ1n) is 9.55. The van der Waals surface area contributed by atoms with Crippen LogP contribution in [0.5, 0.6) is 11.5 Å². The Morgan fingerprint density at radius 1 is 0.971 bits per heavy atom. The molecule has 0 fully saturated rings. The average Bonchev–Trinajstić information content (AvgIpc) is 2.79. The van der Waals surface area contributed by atoms with Crippen molar-refractivity contribution >= 4 is 32.3 Å². The molecule has 3 aromatic carbocycles. The zero-order valence-electron chi connectivity index (χ0n) is 17.0. The summed E-state index contributed by atoms with van der Waals surface area (Å²) in [5.41, 5.74) is -1.77. The van der Waals surface area contributed by atoms with Gasteiger partial charge in [-0.25, -0.2) is 8.42 Å². The van der Waals surface area contributed by atoms with E-state index in [9.17, 15) is 31.7 Å². The van der Waals surface area contributed by atoms with E-state index in [1.807, 2.05) is 24.3 Å². The molecule has 4 rings (SSSR count). The normalized spacial score (nSPS) is 11.9. The van der Waals surface area contributed by atoms with Crippen LogP contribution >= 0.6 is 0 Å². The Morgan fingerprint density at radius 2 is 1.68 bits per heavy atom. The van der Waals surface area contributed by atoms with E-state index in [2.05, 4.69) is 9.71 Å². The van der Waals surface area contributed by atoms with Crippen LogP contribution in [-0.4, -0.2) is 18.3 Å². The van der Waals surface area contributed by atoms with Crippen LogP contribution in [0.25, 0.3) is 10.9 Å². The highest BCUT2D eigenvalue weighted by Crippen LogP contribution is 2.35. The first-order valence-corrected chi connectivity index (χ1v) is 11.0. The molecule has 0 aliphatic carbocycles. The third-order valence-electron chi connectivity index (χ3n) is 4.72. The maximum Gasteiger partial charge on any atom is 0.416 e. The Balaban J connectivity index is 1.58. The summed E-state index contributed by atoms with van der Waals surface area (Å²) in [6, 6.07) is 15.8. The largest absolute Gasteiger partial charge is 0.457 e. The SMILES string of the molecule is O=[N+]([O-])c1cc(C(F)(F)F)ccc1S(=O)(=O)Nc1ccc(Oc2ccnc3ccccc23)cc1. The van der Waals surface area contributed by atoms with Gasteiger partial charge < -0.3 is 4.74 Å². The van der Waals surface area contributed by atoms with E-state index in [0.717, 1.165) is 10.9 Å². The second-order valence-corrected chi connectivity index (χ2v) is 8.65. The van der Waals surface area contributed by atoms with E-state index in [1.165, 1.54) is 24.3 Å². The molecule has 1 aromatic heterocycles. The highest BCUT2D eigenvalue weighted by molar-refractivity contribution is 7.92. The lowest BCUT2D eigenvalue weighted by Crippen LogP contribution is -2.16. The van der Waals surface area contributed by atoms with Crippen molar-refractivity contribution in [3.8, 4) is 11.5 Å². The number of halogens is 3. The lowest BCUT2D eigenvalue weighted by atomic mass is 10.2. The van der Waals surface area contributed by atoms with Gasteiger partial charge in [-0.05, 0) is 54.6 Å². The Hall–Kier alpha value is -4.19. The summed E-state index contributed by atoms with van der Waals surface area (Å²) in [7, 11) is -4.56. The van der Waals surface area contributed by atoms with Crippen LogP contribution in [0.15, 0.2) is 83.9 Å². The number of benzene rings is 3. The molecule has 0 atom stereocenters. The number of rotatable bonds is 6. The van der Waals surface area contributed by atoms with Crippen LogP contribution in [0, 0.1) is 10.1 Å². The molecule has 8 nitrogen and oxygen atoms in total. The molecular weight excluding hydrogens is 475 g/mol. The van der Waals surface area contributed by atoms with Gasteiger partial charge in [0.25, 0.3) is 15.7 Å². The van der Waals surface area contributed by atoms with Gasteiger partial charge in [0.05, 0.1) is 16.0 Å². The lowest BCUT2D eigenvalue weighted by Gasteiger charge is -2.12. The molecule has 0 aliphatic heterocycles. The number of nitro groups is 1. The molecule has 0 aliphatic rings. The topological polar surface area (TPSA) is 111 Å². The number of pyridine rings is 1. The summed E-state index contributed by atoms with van der Waals surface area (Å²) in [6.45, 7) is 0. The molecule has 0 radical (unpaired) electrons. The van der Waals surface area contributed by atoms with Gasteiger partial charge in [-0.15, -0.1) is 0 Å². The summed E-state index contributed by atoms with van der Waals surface area (Å²) in [6.07, 6.45) is -3.28. The van der Waals surface area contributed by atoms with Crippen LogP contribution < -0.4 is 9.46 Å². The first kappa shape index (κ1) is 23.0. The summed E-state index contributed by atoms with van der Waals surface area (Å²) in [4.78, 5) is 13.4. The van der Waals surface area contributed by atoms with Crippen molar-refractivity contribution in [2.75, 3.05) is 4.72 Å². The third-order valence-corrected chi connectivity index (χ3v) is 6.14. The van der Waals surface area contributed by atoms with Gasteiger partial charge in [-0.2, -0.15) is 13.2 Å². The van der Waals surface area contributed by atoms with Gasteiger partial charge in [-0.1, -0.05) is 12.1 Å². The monoisotopic (exact) mass is 489 g/mol. The van der Waals surface area contributed by atoms with Crippen molar-refractivity contribution in [2.24, 2.45) is 0 Å². The van der Waals surface area contributed by atoms with E-state index >= 15 is 0 Å². The van der Waals surface area contributed by atoms with Gasteiger partial charge in [-0.3, -0.25) is 19.8 Å². The van der Waals surface area contributed by atoms with Crippen molar-refractivity contribution < 1.29 is 31.2 Å². The maximum absolute atomic E-state index is 12.9. The fourth-order valence-corrected chi connectivity index (χ4v) is 4.36. The van der Waals surface area contributed by atoms with E-state index in [1.54, 1.807) is 12.3 Å². The molecule has 34 heavy (non-hydrogen) atoms. The molecular formula is C22H14F3N3O5S. The second kappa shape index (κ2) is 8.63. The third kappa shape index (κ3) is 4.76. The minimum Gasteiger partial charge on any atom is -0.457 e. The number of ether oxygens (including phenoxy) is 1. The number of hydrogen-bond donors (Lipinski definition) is 1. The van der Waals surface area contributed by atoms with Crippen LogP contribution in [0.4, 0.5) is 24.5 Å². The molecule has 0 bridgehead atoms. The van der Waals surface area contributed by atoms with Gasteiger partial charge in [0.1, 0.15) is 11.5 Å². The van der Waals surface area contributed by atoms with E-state index < -0.39 is 37.3 Å². The molecule has 0 spiro atoms. The van der Waals surface area contributed by atoms with E-state index in [-0.39, 0.29) is 11.8 Å². The summed E-state index contributed by atoms with van der Waals surface area (Å²) < 4.78 is 72.0. The minimum absolute atomic E-state index is 0.0288. The van der Waals surface area contributed by atoms with Crippen molar-refractivity contribution in [3.63, 3.8) is 0 Å². The van der Waals surface area contributed by atoms with Gasteiger partial charge in [0, 0.05) is 23.3 Å². The van der Waals surface area contributed by atoms with Gasteiger partial charge >= 0.3 is 6.18 Å². The average molecular weight is 489 g/mol. The Kier molecular flexibility index (Phi) is 5.83. The Bertz CT molecular complexity index is 1480. The minimum atomic E-state index is -4.86. The van der Waals surface area contributed by atoms with E-state index in [4.69, 9.17) is 4.74 Å². The number of aromatic nitrogens is 1. The van der Waals surface area contributed by atoms with Crippen molar-refractivity contribution in [1.29, 1.82) is 0 Å². The molecule has 0 saturated heterocycles. The summed E-state index contributed by atoms with van der Waals surface area (Å²) in [5.74, 6) is 0.902. The molecule has 0 amide bonds. The standard InChI is InChI=1S/C22H14F3N3O5S/c23-22(24,25)14-5-10-21(19(13-14)28(29)30)34(31,32)27-15-6-8-16(9-7-15)33-20-11-12-26-18-4-2-1-3-17(18)20/h1-13,27H. The predicted molar refractivity (Wildman–Crippen MR) is 117 cm³/mol. The van der Waals surface area contributed by atoms with Crippen LogP contribution in [0.1, 0.15) is 5.56 Å². The Morgan fingerprint density at radius 3 is 2.35 bits per heavy atom. The lowest BCUT2D eigenvalue weighted by molar-refractivity contribution is -0.388. The fraction of sp³-hybridized carbons (Fsp3) is 0.0455. The van der Waals surface area contributed by atoms with Crippen LogP contribution in [-0.2, 0) is 16.2 Å². The number of nitrogens with one attached hydrogen (secondary N) is 1. The Labute approximate surface area is 190 Å². The predicted octanol–water partition coefficient (Wildman–Crippen LogP) is 5.75. The maximum atomic E-state index is 12.9. The van der Waals surface area contributed by atoms with E-state index in [0.29, 0.717) is 23.6 Å². The zero-order chi connectivity index (χ0) is 24.5. The van der Waals surface area contributed by atoms with Crippen molar-refractivity contribution in [3.05, 3.63) is 94.7 Å². The number of anilines is 1. The van der Waals surface area contributed by atoms with Gasteiger partial charge in [0.2, 0.25) is 0 Å². The van der Waals surface area contributed by atoms with Crippen molar-refractivity contribution in [2.45, 2.75) is 11.1 Å². The molecule has 12 heteroatoms. The number of sulfonamides is 1. The molecule has 1 heterocycles. The molecule has 0 unspecified atom stereocenters.